The van der Waals surface area contributed by atoms with E-state index < -0.39 is 5.82 Å². The van der Waals surface area contributed by atoms with Crippen molar-refractivity contribution in [2.45, 2.75) is 12.8 Å². The van der Waals surface area contributed by atoms with Crippen LogP contribution in [0, 0.1) is 11.7 Å². The average Bonchev–Trinajstić information content (AvgIpc) is 2.55. The van der Waals surface area contributed by atoms with E-state index in [2.05, 4.69) is 10.2 Å². The van der Waals surface area contributed by atoms with Crippen molar-refractivity contribution >= 4 is 5.91 Å². The van der Waals surface area contributed by atoms with Gasteiger partial charge in [-0.15, -0.1) is 0 Å². The fourth-order valence-electron chi connectivity index (χ4n) is 2.78. The summed E-state index contributed by atoms with van der Waals surface area (Å²) in [7, 11) is 1.45. The van der Waals surface area contributed by atoms with E-state index in [0.29, 0.717) is 18.2 Å². The minimum Gasteiger partial charge on any atom is -0.496 e. The number of nitrogens with zero attached hydrogens (tertiary/aromatic N) is 1. The zero-order valence-corrected chi connectivity index (χ0v) is 12.8. The summed E-state index contributed by atoms with van der Waals surface area (Å²) in [6.07, 6.45) is 2.12. The maximum Gasteiger partial charge on any atom is 0.255 e. The van der Waals surface area contributed by atoms with Crippen molar-refractivity contribution in [1.82, 2.24) is 10.2 Å². The number of carbonyl (C=O) groups excluding carboxylic acids is 1. The van der Waals surface area contributed by atoms with E-state index in [0.717, 1.165) is 32.5 Å². The van der Waals surface area contributed by atoms with Crippen molar-refractivity contribution in [2.75, 3.05) is 39.9 Å². The number of rotatable bonds is 6. The van der Waals surface area contributed by atoms with Crippen molar-refractivity contribution in [1.29, 1.82) is 0 Å². The molecule has 22 heavy (non-hydrogen) atoms. The molecule has 1 aromatic rings. The minimum atomic E-state index is -0.465. The molecule has 0 aliphatic carbocycles. The molecule has 0 saturated carbocycles. The Morgan fingerprint density at radius 3 is 3.09 bits per heavy atom. The molecule has 5 nitrogen and oxygen atoms in total. The smallest absolute Gasteiger partial charge is 0.255 e. The number of amides is 1. The molecule has 0 aromatic heterocycles. The first-order valence-electron chi connectivity index (χ1n) is 7.59. The highest BCUT2D eigenvalue weighted by Crippen LogP contribution is 2.19. The number of aliphatic hydroxyl groups is 1. The number of likely N-dealkylation sites (tertiary alicyclic amines) is 1. The van der Waals surface area contributed by atoms with Crippen molar-refractivity contribution in [3.63, 3.8) is 0 Å². The molecule has 0 radical (unpaired) electrons. The molecule has 1 saturated heterocycles. The second kappa shape index (κ2) is 8.10. The van der Waals surface area contributed by atoms with Crippen LogP contribution in [0.2, 0.25) is 0 Å². The molecule has 2 rings (SSSR count). The Morgan fingerprint density at radius 2 is 2.36 bits per heavy atom. The molecule has 1 aliphatic rings. The molecule has 1 fully saturated rings. The van der Waals surface area contributed by atoms with E-state index in [-0.39, 0.29) is 18.1 Å². The Kier molecular flexibility index (Phi) is 6.15. The zero-order chi connectivity index (χ0) is 15.9. The second-order valence-electron chi connectivity index (χ2n) is 5.59. The molecule has 122 valence electrons. The number of carbonyl (C=O) groups is 1. The molecule has 1 heterocycles. The molecule has 2 N–H and O–H groups in total. The van der Waals surface area contributed by atoms with Gasteiger partial charge in [0.1, 0.15) is 11.6 Å². The first kappa shape index (κ1) is 16.7. The lowest BCUT2D eigenvalue weighted by Gasteiger charge is -2.31. The first-order valence-corrected chi connectivity index (χ1v) is 7.59. The van der Waals surface area contributed by atoms with Crippen molar-refractivity contribution in [3.05, 3.63) is 29.6 Å². The van der Waals surface area contributed by atoms with Gasteiger partial charge >= 0.3 is 0 Å². The predicted molar refractivity (Wildman–Crippen MR) is 81.5 cm³/mol. The van der Waals surface area contributed by atoms with Crippen LogP contribution in [0.15, 0.2) is 18.2 Å². The number of aliphatic hydroxyl groups excluding tert-OH is 1. The third-order valence-electron chi connectivity index (χ3n) is 3.98. The lowest BCUT2D eigenvalue weighted by atomic mass is 9.99. The number of hydrogen-bond acceptors (Lipinski definition) is 4. The standard InChI is InChI=1S/C16H23FN2O3/c1-22-15-5-4-13(17)9-14(15)16(21)18-6-8-19-7-2-3-12(10-19)11-20/h4-5,9,12,20H,2-3,6-8,10-11H2,1H3,(H,18,21)/t12-/m1/s1. The van der Waals surface area contributed by atoms with Gasteiger partial charge in [-0.3, -0.25) is 4.79 Å². The SMILES string of the molecule is COc1ccc(F)cc1C(=O)NCCN1CCC[C@@H](CO)C1. The quantitative estimate of drug-likeness (QED) is 0.831. The maximum atomic E-state index is 13.3. The molecular formula is C16H23FN2O3. The number of nitrogens with one attached hydrogen (secondary N) is 1. The number of piperidine rings is 1. The lowest BCUT2D eigenvalue weighted by Crippen LogP contribution is -2.41. The van der Waals surface area contributed by atoms with E-state index in [1.807, 2.05) is 0 Å². The van der Waals surface area contributed by atoms with Gasteiger partial charge in [-0.05, 0) is 43.5 Å². The Balaban J connectivity index is 1.84. The number of benzene rings is 1. The number of halogens is 1. The molecule has 1 amide bonds. The van der Waals surface area contributed by atoms with Crippen LogP contribution in [-0.4, -0.2) is 55.8 Å². The first-order chi connectivity index (χ1) is 10.6. The van der Waals surface area contributed by atoms with Gasteiger partial charge in [-0.1, -0.05) is 0 Å². The fraction of sp³-hybridized carbons (Fsp3) is 0.562. The number of methoxy groups -OCH3 is 1. The van der Waals surface area contributed by atoms with Crippen LogP contribution >= 0.6 is 0 Å². The van der Waals surface area contributed by atoms with Crippen LogP contribution in [0.5, 0.6) is 5.75 Å². The molecule has 0 bridgehead atoms. The van der Waals surface area contributed by atoms with E-state index >= 15 is 0 Å². The zero-order valence-electron chi connectivity index (χ0n) is 12.8. The van der Waals surface area contributed by atoms with Crippen molar-refractivity contribution < 1.29 is 19.0 Å². The normalized spacial score (nSPS) is 19.0. The monoisotopic (exact) mass is 310 g/mol. The molecule has 6 heteroatoms. The van der Waals surface area contributed by atoms with E-state index in [1.54, 1.807) is 0 Å². The van der Waals surface area contributed by atoms with E-state index in [1.165, 1.54) is 25.3 Å². The predicted octanol–water partition coefficient (Wildman–Crippen LogP) is 1.27. The van der Waals surface area contributed by atoms with Crippen LogP contribution in [-0.2, 0) is 0 Å². The topological polar surface area (TPSA) is 61.8 Å². The third kappa shape index (κ3) is 4.42. The van der Waals surface area contributed by atoms with Crippen LogP contribution < -0.4 is 10.1 Å². The lowest BCUT2D eigenvalue weighted by molar-refractivity contribution is 0.0927. The minimum absolute atomic E-state index is 0.203. The van der Waals surface area contributed by atoms with Gasteiger partial charge in [0, 0.05) is 26.2 Å². The van der Waals surface area contributed by atoms with Crippen LogP contribution in [0.3, 0.4) is 0 Å². The van der Waals surface area contributed by atoms with Gasteiger partial charge in [-0.2, -0.15) is 0 Å². The highest BCUT2D eigenvalue weighted by molar-refractivity contribution is 5.96. The number of ether oxygens (including phenoxy) is 1. The average molecular weight is 310 g/mol. The van der Waals surface area contributed by atoms with E-state index in [4.69, 9.17) is 4.74 Å². The molecule has 1 aliphatic heterocycles. The summed E-state index contributed by atoms with van der Waals surface area (Å²) in [5, 5.41) is 12.0. The summed E-state index contributed by atoms with van der Waals surface area (Å²) < 4.78 is 18.4. The van der Waals surface area contributed by atoms with Crippen LogP contribution in [0.25, 0.3) is 0 Å². The molecule has 1 atom stereocenters. The largest absolute Gasteiger partial charge is 0.496 e. The van der Waals surface area contributed by atoms with Crippen molar-refractivity contribution in [2.24, 2.45) is 5.92 Å². The van der Waals surface area contributed by atoms with Gasteiger partial charge in [-0.25, -0.2) is 4.39 Å². The number of hydrogen-bond donors (Lipinski definition) is 2. The maximum absolute atomic E-state index is 13.3. The Hall–Kier alpha value is -1.66. The Bertz CT molecular complexity index is 510. The summed E-state index contributed by atoms with van der Waals surface area (Å²) in [5.41, 5.74) is 0.203. The van der Waals surface area contributed by atoms with Crippen LogP contribution in [0.4, 0.5) is 4.39 Å². The summed E-state index contributed by atoms with van der Waals surface area (Å²) in [5.74, 6) is -0.121. The molecule has 0 spiro atoms. The van der Waals surface area contributed by atoms with Gasteiger partial charge < -0.3 is 20.1 Å². The van der Waals surface area contributed by atoms with E-state index in [9.17, 15) is 14.3 Å². The summed E-state index contributed by atoms with van der Waals surface area (Å²) >= 11 is 0. The van der Waals surface area contributed by atoms with Crippen LogP contribution in [0.1, 0.15) is 23.2 Å². The van der Waals surface area contributed by atoms with Gasteiger partial charge in [0.15, 0.2) is 0 Å². The van der Waals surface area contributed by atoms with Crippen molar-refractivity contribution in [3.8, 4) is 5.75 Å². The third-order valence-corrected chi connectivity index (χ3v) is 3.98. The van der Waals surface area contributed by atoms with Gasteiger partial charge in [0.2, 0.25) is 0 Å². The molecule has 1 aromatic carbocycles. The summed E-state index contributed by atoms with van der Waals surface area (Å²) in [6.45, 7) is 3.26. The summed E-state index contributed by atoms with van der Waals surface area (Å²) in [4.78, 5) is 14.4. The highest BCUT2D eigenvalue weighted by atomic mass is 19.1. The second-order valence-corrected chi connectivity index (χ2v) is 5.59. The Labute approximate surface area is 130 Å². The molecule has 0 unspecified atom stereocenters. The molecular weight excluding hydrogens is 287 g/mol. The fourth-order valence-corrected chi connectivity index (χ4v) is 2.78. The highest BCUT2D eigenvalue weighted by Gasteiger charge is 2.19. The Morgan fingerprint density at radius 1 is 1.55 bits per heavy atom. The van der Waals surface area contributed by atoms with Gasteiger partial charge in [0.05, 0.1) is 12.7 Å². The summed E-state index contributed by atoms with van der Waals surface area (Å²) in [6, 6.07) is 3.88. The van der Waals surface area contributed by atoms with Gasteiger partial charge in [0.25, 0.3) is 5.91 Å².